The van der Waals surface area contributed by atoms with E-state index in [2.05, 4.69) is 18.3 Å². The molecule has 1 aromatic heterocycles. The number of amides is 1. The smallest absolute Gasteiger partial charge is 0.220 e. The summed E-state index contributed by atoms with van der Waals surface area (Å²) in [7, 11) is 0. The van der Waals surface area contributed by atoms with Crippen molar-refractivity contribution in [3.8, 4) is 17.1 Å². The molecule has 0 saturated carbocycles. The summed E-state index contributed by atoms with van der Waals surface area (Å²) in [6.07, 6.45) is 0.974. The van der Waals surface area contributed by atoms with Crippen molar-refractivity contribution in [1.82, 2.24) is 5.32 Å². The predicted molar refractivity (Wildman–Crippen MR) is 107 cm³/mol. The van der Waals surface area contributed by atoms with Crippen LogP contribution in [0.3, 0.4) is 0 Å². The Morgan fingerprint density at radius 3 is 2.63 bits per heavy atom. The van der Waals surface area contributed by atoms with Gasteiger partial charge in [0.25, 0.3) is 0 Å². The number of aryl methyl sites for hydroxylation is 3. The average molecular weight is 363 g/mol. The summed E-state index contributed by atoms with van der Waals surface area (Å²) in [5.74, 6) is 2.50. The average Bonchev–Trinajstić information content (AvgIpc) is 3.15. The largest absolute Gasteiger partial charge is 0.491 e. The van der Waals surface area contributed by atoms with Crippen molar-refractivity contribution in [1.29, 1.82) is 0 Å². The molecule has 0 fully saturated rings. The quantitative estimate of drug-likeness (QED) is 0.591. The van der Waals surface area contributed by atoms with Gasteiger partial charge in [0.05, 0.1) is 6.54 Å². The zero-order valence-electron chi connectivity index (χ0n) is 15.8. The molecule has 1 N–H and O–H groups in total. The van der Waals surface area contributed by atoms with Gasteiger partial charge in [0.1, 0.15) is 23.9 Å². The fourth-order valence-electron chi connectivity index (χ4n) is 2.91. The van der Waals surface area contributed by atoms with Gasteiger partial charge in [-0.3, -0.25) is 4.79 Å². The summed E-state index contributed by atoms with van der Waals surface area (Å²) in [5.41, 5.74) is 3.35. The van der Waals surface area contributed by atoms with Gasteiger partial charge in [-0.1, -0.05) is 48.0 Å². The summed E-state index contributed by atoms with van der Waals surface area (Å²) < 4.78 is 11.5. The molecule has 0 atom stereocenters. The molecule has 2 aromatic carbocycles. The summed E-state index contributed by atoms with van der Waals surface area (Å²) in [5, 5.41) is 2.89. The first-order chi connectivity index (χ1) is 13.1. The zero-order chi connectivity index (χ0) is 19.1. The van der Waals surface area contributed by atoms with E-state index in [4.69, 9.17) is 9.15 Å². The minimum Gasteiger partial charge on any atom is -0.491 e. The fraction of sp³-hybridized carbons (Fsp3) is 0.261. The van der Waals surface area contributed by atoms with Crippen molar-refractivity contribution in [3.05, 3.63) is 77.6 Å². The van der Waals surface area contributed by atoms with E-state index >= 15 is 0 Å². The van der Waals surface area contributed by atoms with Crippen LogP contribution in [0, 0.1) is 13.8 Å². The predicted octanol–water partition coefficient (Wildman–Crippen LogP) is 4.69. The Balaban J connectivity index is 1.38. The number of hydrogen-bond acceptors (Lipinski definition) is 3. The number of carbonyl (C=O) groups excluding carboxylic acids is 1. The second-order valence-corrected chi connectivity index (χ2v) is 6.60. The SMILES string of the molecule is Cc1ccc(OCCNC(=O)CCc2ccc(-c3ccccc3)o2)c(C)c1. The molecule has 0 unspecified atom stereocenters. The van der Waals surface area contributed by atoms with Crippen LogP contribution < -0.4 is 10.1 Å². The molecule has 3 rings (SSSR count). The van der Waals surface area contributed by atoms with Gasteiger partial charge in [-0.15, -0.1) is 0 Å². The Hall–Kier alpha value is -3.01. The molecular weight excluding hydrogens is 338 g/mol. The lowest BCUT2D eigenvalue weighted by Gasteiger charge is -2.10. The van der Waals surface area contributed by atoms with E-state index in [1.165, 1.54) is 5.56 Å². The molecule has 0 radical (unpaired) electrons. The van der Waals surface area contributed by atoms with Crippen LogP contribution in [0.4, 0.5) is 0 Å². The Morgan fingerprint density at radius 1 is 1.04 bits per heavy atom. The zero-order valence-corrected chi connectivity index (χ0v) is 15.8. The molecule has 27 heavy (non-hydrogen) atoms. The van der Waals surface area contributed by atoms with E-state index in [0.29, 0.717) is 26.0 Å². The van der Waals surface area contributed by atoms with Crippen molar-refractivity contribution in [2.24, 2.45) is 0 Å². The number of carbonyl (C=O) groups is 1. The molecular formula is C23H25NO3. The Morgan fingerprint density at radius 2 is 1.85 bits per heavy atom. The van der Waals surface area contributed by atoms with Crippen LogP contribution in [0.5, 0.6) is 5.75 Å². The molecule has 4 heteroatoms. The summed E-state index contributed by atoms with van der Waals surface area (Å²) in [6.45, 7) is 5.01. The molecule has 140 valence electrons. The number of furan rings is 1. The van der Waals surface area contributed by atoms with E-state index in [-0.39, 0.29) is 5.91 Å². The third-order valence-electron chi connectivity index (χ3n) is 4.33. The molecule has 0 aliphatic carbocycles. The lowest BCUT2D eigenvalue weighted by Crippen LogP contribution is -2.28. The van der Waals surface area contributed by atoms with E-state index in [1.54, 1.807) is 0 Å². The topological polar surface area (TPSA) is 51.5 Å². The van der Waals surface area contributed by atoms with Gasteiger partial charge in [0.2, 0.25) is 5.91 Å². The number of ether oxygens (including phenoxy) is 1. The van der Waals surface area contributed by atoms with Gasteiger partial charge in [-0.05, 0) is 37.6 Å². The summed E-state index contributed by atoms with van der Waals surface area (Å²) >= 11 is 0. The van der Waals surface area contributed by atoms with Gasteiger partial charge in [0, 0.05) is 18.4 Å². The molecule has 4 nitrogen and oxygen atoms in total. The lowest BCUT2D eigenvalue weighted by atomic mass is 10.1. The lowest BCUT2D eigenvalue weighted by molar-refractivity contribution is -0.121. The van der Waals surface area contributed by atoms with Gasteiger partial charge in [-0.25, -0.2) is 0 Å². The first-order valence-corrected chi connectivity index (χ1v) is 9.23. The fourth-order valence-corrected chi connectivity index (χ4v) is 2.91. The van der Waals surface area contributed by atoms with Crippen LogP contribution in [0.25, 0.3) is 11.3 Å². The highest BCUT2D eigenvalue weighted by Crippen LogP contribution is 2.22. The van der Waals surface area contributed by atoms with Crippen LogP contribution in [0.2, 0.25) is 0 Å². The molecule has 1 heterocycles. The first kappa shape index (κ1) is 18.8. The molecule has 0 aliphatic rings. The van der Waals surface area contributed by atoms with Crippen LogP contribution in [-0.4, -0.2) is 19.1 Å². The number of nitrogens with one attached hydrogen (secondary N) is 1. The normalized spacial score (nSPS) is 10.6. The first-order valence-electron chi connectivity index (χ1n) is 9.23. The van der Waals surface area contributed by atoms with Crippen molar-refractivity contribution in [2.45, 2.75) is 26.7 Å². The highest BCUT2D eigenvalue weighted by atomic mass is 16.5. The highest BCUT2D eigenvalue weighted by Gasteiger charge is 2.07. The number of hydrogen-bond donors (Lipinski definition) is 1. The molecule has 0 bridgehead atoms. The maximum absolute atomic E-state index is 12.0. The van der Waals surface area contributed by atoms with Crippen LogP contribution >= 0.6 is 0 Å². The van der Waals surface area contributed by atoms with Gasteiger partial charge >= 0.3 is 0 Å². The van der Waals surface area contributed by atoms with Crippen LogP contribution in [0.15, 0.2) is 65.1 Å². The van der Waals surface area contributed by atoms with E-state index in [0.717, 1.165) is 28.4 Å². The second-order valence-electron chi connectivity index (χ2n) is 6.60. The summed E-state index contributed by atoms with van der Waals surface area (Å²) in [4.78, 5) is 12.0. The maximum atomic E-state index is 12.0. The Bertz CT molecular complexity index is 884. The Kier molecular flexibility index (Phi) is 6.31. The van der Waals surface area contributed by atoms with Gasteiger partial charge in [-0.2, -0.15) is 0 Å². The van der Waals surface area contributed by atoms with E-state index < -0.39 is 0 Å². The monoisotopic (exact) mass is 363 g/mol. The van der Waals surface area contributed by atoms with Crippen molar-refractivity contribution in [2.75, 3.05) is 13.2 Å². The van der Waals surface area contributed by atoms with Crippen molar-refractivity contribution in [3.63, 3.8) is 0 Å². The molecule has 1 amide bonds. The molecule has 0 aliphatic heterocycles. The standard InChI is InChI=1S/C23H25NO3/c1-17-8-11-21(18(2)16-17)26-15-14-24-23(25)13-10-20-9-12-22(27-20)19-6-4-3-5-7-19/h3-9,11-12,16H,10,13-15H2,1-2H3,(H,24,25). The van der Waals surface area contributed by atoms with Gasteiger partial charge in [0.15, 0.2) is 0 Å². The third kappa shape index (κ3) is 5.48. The molecule has 0 spiro atoms. The van der Waals surface area contributed by atoms with E-state index in [1.807, 2.05) is 61.5 Å². The van der Waals surface area contributed by atoms with Crippen molar-refractivity contribution < 1.29 is 13.9 Å². The second kappa shape index (κ2) is 9.08. The van der Waals surface area contributed by atoms with Crippen molar-refractivity contribution >= 4 is 5.91 Å². The van der Waals surface area contributed by atoms with Crippen LogP contribution in [0.1, 0.15) is 23.3 Å². The molecule has 0 saturated heterocycles. The number of rotatable bonds is 8. The van der Waals surface area contributed by atoms with E-state index in [9.17, 15) is 4.79 Å². The minimum absolute atomic E-state index is 0.00288. The van der Waals surface area contributed by atoms with Crippen LogP contribution in [-0.2, 0) is 11.2 Å². The molecule has 3 aromatic rings. The number of benzene rings is 2. The Labute approximate surface area is 160 Å². The summed E-state index contributed by atoms with van der Waals surface area (Å²) in [6, 6.07) is 19.9. The third-order valence-corrected chi connectivity index (χ3v) is 4.33. The minimum atomic E-state index is -0.00288. The van der Waals surface area contributed by atoms with Gasteiger partial charge < -0.3 is 14.5 Å². The highest BCUT2D eigenvalue weighted by molar-refractivity contribution is 5.76. The maximum Gasteiger partial charge on any atom is 0.220 e.